The first-order valence-corrected chi connectivity index (χ1v) is 11.7. The molecule has 3 aromatic rings. The van der Waals surface area contributed by atoms with Crippen molar-refractivity contribution in [2.75, 3.05) is 15.9 Å². The molecule has 0 radical (unpaired) electrons. The number of anilines is 2. The number of sulfonamides is 1. The fourth-order valence-electron chi connectivity index (χ4n) is 3.02. The van der Waals surface area contributed by atoms with Gasteiger partial charge in [0.2, 0.25) is 10.0 Å². The number of aryl methyl sites for hydroxylation is 2. The summed E-state index contributed by atoms with van der Waals surface area (Å²) in [6.45, 7) is 4.03. The Hall–Kier alpha value is -2.90. The molecule has 0 saturated heterocycles. The zero-order valence-corrected chi connectivity index (χ0v) is 18.9. The Morgan fingerprint density at radius 3 is 2.32 bits per heavy atom. The summed E-state index contributed by atoms with van der Waals surface area (Å²) in [5, 5.41) is 2.48. The van der Waals surface area contributed by atoms with Crippen LogP contribution < -0.4 is 9.62 Å². The summed E-state index contributed by atoms with van der Waals surface area (Å²) in [7, 11) is -3.51. The number of hydrogen-bond acceptors (Lipinski definition) is 3. The number of rotatable bonds is 6. The third-order valence-corrected chi connectivity index (χ3v) is 6.35. The Morgan fingerprint density at radius 1 is 1.03 bits per heavy atom. The van der Waals surface area contributed by atoms with Crippen LogP contribution in [0.4, 0.5) is 15.8 Å². The monoisotopic (exact) mass is 460 g/mol. The number of nitrogens with one attached hydrogen (secondary N) is 1. The molecular weight excluding hydrogens is 439 g/mol. The normalized spacial score (nSPS) is 11.3. The summed E-state index contributed by atoms with van der Waals surface area (Å²) in [4.78, 5) is 12.3. The fourth-order valence-corrected chi connectivity index (χ4v) is 4.07. The van der Waals surface area contributed by atoms with Crippen molar-refractivity contribution in [1.29, 1.82) is 0 Å². The molecule has 1 amide bonds. The van der Waals surface area contributed by atoms with Crippen LogP contribution in [0.15, 0.2) is 60.7 Å². The van der Waals surface area contributed by atoms with Gasteiger partial charge in [-0.15, -0.1) is 0 Å². The first-order chi connectivity index (χ1) is 14.6. The van der Waals surface area contributed by atoms with Crippen LogP contribution in [0, 0.1) is 19.7 Å². The van der Waals surface area contributed by atoms with Gasteiger partial charge in [0.1, 0.15) is 0 Å². The molecule has 0 aliphatic carbocycles. The lowest BCUT2D eigenvalue weighted by Gasteiger charge is -2.23. The summed E-state index contributed by atoms with van der Waals surface area (Å²) in [5.74, 6) is -1.41. The molecule has 8 heteroatoms. The minimum absolute atomic E-state index is 0.129. The summed E-state index contributed by atoms with van der Waals surface area (Å²) in [5.41, 5.74) is 3.68. The predicted molar refractivity (Wildman–Crippen MR) is 123 cm³/mol. The molecule has 31 heavy (non-hydrogen) atoms. The van der Waals surface area contributed by atoms with Gasteiger partial charge in [-0.05, 0) is 66.9 Å². The molecule has 0 bridgehead atoms. The summed E-state index contributed by atoms with van der Waals surface area (Å²) >= 11 is 5.73. The zero-order valence-electron chi connectivity index (χ0n) is 17.3. The lowest BCUT2D eigenvalue weighted by Crippen LogP contribution is -2.29. The molecule has 0 spiro atoms. The van der Waals surface area contributed by atoms with Crippen LogP contribution in [0.3, 0.4) is 0 Å². The number of amides is 1. The second kappa shape index (κ2) is 9.08. The van der Waals surface area contributed by atoms with Gasteiger partial charge in [0, 0.05) is 5.69 Å². The van der Waals surface area contributed by atoms with E-state index in [9.17, 15) is 17.6 Å². The van der Waals surface area contributed by atoms with Crippen LogP contribution in [0.25, 0.3) is 0 Å². The van der Waals surface area contributed by atoms with Crippen LogP contribution in [-0.4, -0.2) is 20.6 Å². The van der Waals surface area contributed by atoms with Crippen LogP contribution in [-0.2, 0) is 16.6 Å². The Balaban J connectivity index is 1.79. The van der Waals surface area contributed by atoms with Gasteiger partial charge in [0.25, 0.3) is 5.91 Å². The molecular formula is C23H22ClFN2O3S. The van der Waals surface area contributed by atoms with Crippen molar-refractivity contribution in [3.63, 3.8) is 0 Å². The zero-order chi connectivity index (χ0) is 22.8. The van der Waals surface area contributed by atoms with Crippen LogP contribution in [0.5, 0.6) is 0 Å². The number of nitrogens with zero attached hydrogens (tertiary/aromatic N) is 1. The van der Waals surface area contributed by atoms with Crippen molar-refractivity contribution in [2.24, 2.45) is 0 Å². The van der Waals surface area contributed by atoms with Crippen molar-refractivity contribution in [3.05, 3.63) is 93.8 Å². The van der Waals surface area contributed by atoms with E-state index in [2.05, 4.69) is 5.32 Å². The minimum atomic E-state index is -3.51. The van der Waals surface area contributed by atoms with Gasteiger partial charge in [0.05, 0.1) is 29.1 Å². The highest BCUT2D eigenvalue weighted by atomic mass is 35.5. The number of hydrogen-bond donors (Lipinski definition) is 1. The molecule has 3 aromatic carbocycles. The first-order valence-electron chi connectivity index (χ1n) is 9.45. The average Bonchev–Trinajstić information content (AvgIpc) is 2.70. The molecule has 0 saturated carbocycles. The molecule has 3 rings (SSSR count). The van der Waals surface area contributed by atoms with Crippen molar-refractivity contribution in [3.8, 4) is 0 Å². The van der Waals surface area contributed by atoms with E-state index < -0.39 is 21.7 Å². The van der Waals surface area contributed by atoms with Crippen molar-refractivity contribution >= 4 is 38.9 Å². The molecule has 1 N–H and O–H groups in total. The SMILES string of the molecule is Cc1ccc(N(Cc2ccc(NC(=O)c3cccc(Cl)c3F)cc2)S(C)(=O)=O)cc1C. The number of carbonyl (C=O) groups excluding carboxylic acids is 1. The van der Waals surface area contributed by atoms with Gasteiger partial charge >= 0.3 is 0 Å². The predicted octanol–water partition coefficient (Wildman–Crippen LogP) is 5.31. The molecule has 0 fully saturated rings. The Kier molecular flexibility index (Phi) is 6.67. The van der Waals surface area contributed by atoms with E-state index in [1.54, 1.807) is 30.3 Å². The lowest BCUT2D eigenvalue weighted by molar-refractivity contribution is 0.102. The topological polar surface area (TPSA) is 66.5 Å². The smallest absolute Gasteiger partial charge is 0.258 e. The average molecular weight is 461 g/mol. The molecule has 0 atom stereocenters. The van der Waals surface area contributed by atoms with Gasteiger partial charge in [0.15, 0.2) is 5.82 Å². The van der Waals surface area contributed by atoms with Crippen molar-refractivity contribution < 1.29 is 17.6 Å². The van der Waals surface area contributed by atoms with E-state index in [-0.39, 0.29) is 17.1 Å². The van der Waals surface area contributed by atoms with E-state index >= 15 is 0 Å². The molecule has 162 valence electrons. The summed E-state index contributed by atoms with van der Waals surface area (Å²) in [6, 6.07) is 16.4. The van der Waals surface area contributed by atoms with Crippen molar-refractivity contribution in [1.82, 2.24) is 0 Å². The maximum absolute atomic E-state index is 14.0. The third kappa shape index (κ3) is 5.42. The molecule has 0 aliphatic rings. The van der Waals surface area contributed by atoms with Crippen LogP contribution in [0.1, 0.15) is 27.0 Å². The van der Waals surface area contributed by atoms with E-state index in [1.807, 2.05) is 26.0 Å². The van der Waals surface area contributed by atoms with Gasteiger partial charge in [-0.2, -0.15) is 0 Å². The number of benzene rings is 3. The molecule has 5 nitrogen and oxygen atoms in total. The molecule has 0 aromatic heterocycles. The third-order valence-electron chi connectivity index (χ3n) is 4.91. The van der Waals surface area contributed by atoms with Gasteiger partial charge in [-0.3, -0.25) is 9.10 Å². The van der Waals surface area contributed by atoms with E-state index in [4.69, 9.17) is 11.6 Å². The molecule has 0 heterocycles. The van der Waals surface area contributed by atoms with Gasteiger partial charge in [-0.25, -0.2) is 12.8 Å². The van der Waals surface area contributed by atoms with E-state index in [1.165, 1.54) is 22.5 Å². The second-order valence-electron chi connectivity index (χ2n) is 7.29. The van der Waals surface area contributed by atoms with E-state index in [0.29, 0.717) is 11.4 Å². The lowest BCUT2D eigenvalue weighted by atomic mass is 10.1. The maximum Gasteiger partial charge on any atom is 0.258 e. The summed E-state index contributed by atoms with van der Waals surface area (Å²) in [6.07, 6.45) is 1.16. The minimum Gasteiger partial charge on any atom is -0.322 e. The van der Waals surface area contributed by atoms with Crippen LogP contribution in [0.2, 0.25) is 5.02 Å². The molecule has 0 aliphatic heterocycles. The van der Waals surface area contributed by atoms with Crippen LogP contribution >= 0.6 is 11.6 Å². The highest BCUT2D eigenvalue weighted by molar-refractivity contribution is 7.92. The van der Waals surface area contributed by atoms with E-state index in [0.717, 1.165) is 22.9 Å². The largest absolute Gasteiger partial charge is 0.322 e. The van der Waals surface area contributed by atoms with Gasteiger partial charge < -0.3 is 5.32 Å². The number of carbonyl (C=O) groups is 1. The number of halogens is 2. The second-order valence-corrected chi connectivity index (χ2v) is 9.60. The maximum atomic E-state index is 14.0. The quantitative estimate of drug-likeness (QED) is 0.541. The highest BCUT2D eigenvalue weighted by Gasteiger charge is 2.19. The summed E-state index contributed by atoms with van der Waals surface area (Å²) < 4.78 is 40.1. The molecule has 0 unspecified atom stereocenters. The van der Waals surface area contributed by atoms with Crippen molar-refractivity contribution in [2.45, 2.75) is 20.4 Å². The standard InChI is InChI=1S/C23H22ClFN2O3S/c1-15-7-12-19(13-16(15)2)27(31(3,29)30)14-17-8-10-18(11-9-17)26-23(28)20-5-4-6-21(24)22(20)25/h4-13H,14H2,1-3H3,(H,26,28). The Morgan fingerprint density at radius 2 is 1.71 bits per heavy atom. The Bertz CT molecular complexity index is 1230. The Labute approximate surface area is 186 Å². The first kappa shape index (κ1) is 22.8. The highest BCUT2D eigenvalue weighted by Crippen LogP contribution is 2.24. The fraction of sp³-hybridized carbons (Fsp3) is 0.174. The van der Waals surface area contributed by atoms with Gasteiger partial charge in [-0.1, -0.05) is 35.9 Å².